The predicted molar refractivity (Wildman–Crippen MR) is 110 cm³/mol. The number of nitrogens with two attached hydrogens (primary N) is 2. The smallest absolute Gasteiger partial charge is 0.255 e. The molecule has 6 heteroatoms. The van der Waals surface area contributed by atoms with E-state index in [1.165, 1.54) is 12.3 Å². The SMILES string of the molecule is Nc1cc(NC(=O)c2ccc(C(N)C(=O)C=Cc3ccccc3)cc2)ccn1. The summed E-state index contributed by atoms with van der Waals surface area (Å²) in [5, 5.41) is 2.74. The summed E-state index contributed by atoms with van der Waals surface area (Å²) in [5.74, 6) is -0.185. The third-order valence-electron chi connectivity index (χ3n) is 4.12. The van der Waals surface area contributed by atoms with E-state index in [4.69, 9.17) is 11.5 Å². The van der Waals surface area contributed by atoms with Gasteiger partial charge in [-0.1, -0.05) is 48.5 Å². The molecule has 2 aromatic carbocycles. The van der Waals surface area contributed by atoms with Gasteiger partial charge in [0.15, 0.2) is 5.78 Å². The van der Waals surface area contributed by atoms with Crippen molar-refractivity contribution in [2.75, 3.05) is 11.1 Å². The van der Waals surface area contributed by atoms with Crippen LogP contribution in [-0.2, 0) is 4.79 Å². The second-order valence-electron chi connectivity index (χ2n) is 6.17. The molecule has 0 fully saturated rings. The van der Waals surface area contributed by atoms with Gasteiger partial charge in [0.2, 0.25) is 0 Å². The van der Waals surface area contributed by atoms with Gasteiger partial charge < -0.3 is 16.8 Å². The number of amides is 1. The molecule has 5 N–H and O–H groups in total. The van der Waals surface area contributed by atoms with Gasteiger partial charge in [-0.25, -0.2) is 4.98 Å². The number of nitrogen functional groups attached to an aromatic ring is 1. The summed E-state index contributed by atoms with van der Waals surface area (Å²) >= 11 is 0. The first-order valence-electron chi connectivity index (χ1n) is 8.68. The lowest BCUT2D eigenvalue weighted by Gasteiger charge is -2.10. The minimum Gasteiger partial charge on any atom is -0.384 e. The molecule has 6 nitrogen and oxygen atoms in total. The number of anilines is 2. The van der Waals surface area contributed by atoms with Gasteiger partial charge in [-0.15, -0.1) is 0 Å². The molecule has 3 aromatic rings. The fourth-order valence-electron chi connectivity index (χ4n) is 2.58. The molecule has 0 bridgehead atoms. The zero-order chi connectivity index (χ0) is 19.9. The Morgan fingerprint density at radius 3 is 2.39 bits per heavy atom. The van der Waals surface area contributed by atoms with Crippen molar-refractivity contribution in [1.29, 1.82) is 0 Å². The third-order valence-corrected chi connectivity index (χ3v) is 4.12. The quantitative estimate of drug-likeness (QED) is 0.575. The summed E-state index contributed by atoms with van der Waals surface area (Å²) in [4.78, 5) is 28.5. The highest BCUT2D eigenvalue weighted by Gasteiger charge is 2.14. The minimum atomic E-state index is -0.794. The first-order valence-corrected chi connectivity index (χ1v) is 8.68. The van der Waals surface area contributed by atoms with Gasteiger partial charge in [0.1, 0.15) is 5.82 Å². The molecule has 0 aliphatic heterocycles. The lowest BCUT2D eigenvalue weighted by atomic mass is 10.0. The number of carbonyl (C=O) groups is 2. The maximum absolute atomic E-state index is 12.3. The predicted octanol–water partition coefficient (Wildman–Crippen LogP) is 3.20. The zero-order valence-electron chi connectivity index (χ0n) is 15.1. The number of rotatable bonds is 6. The summed E-state index contributed by atoms with van der Waals surface area (Å²) in [5.41, 5.74) is 14.2. The van der Waals surface area contributed by atoms with Gasteiger partial charge in [-0.05, 0) is 35.4 Å². The Morgan fingerprint density at radius 2 is 1.71 bits per heavy atom. The monoisotopic (exact) mass is 372 g/mol. The molecule has 0 saturated carbocycles. The molecular formula is C22H20N4O2. The normalized spacial score (nSPS) is 11.9. The largest absolute Gasteiger partial charge is 0.384 e. The van der Waals surface area contributed by atoms with E-state index in [1.54, 1.807) is 42.5 Å². The van der Waals surface area contributed by atoms with Crippen molar-refractivity contribution in [2.45, 2.75) is 6.04 Å². The van der Waals surface area contributed by atoms with E-state index in [2.05, 4.69) is 10.3 Å². The second-order valence-corrected chi connectivity index (χ2v) is 6.17. The number of nitrogens with zero attached hydrogens (tertiary/aromatic N) is 1. The molecule has 0 spiro atoms. The first kappa shape index (κ1) is 19.0. The van der Waals surface area contributed by atoms with E-state index in [9.17, 15) is 9.59 Å². The van der Waals surface area contributed by atoms with Crippen LogP contribution in [-0.4, -0.2) is 16.7 Å². The van der Waals surface area contributed by atoms with Crippen LogP contribution in [0.4, 0.5) is 11.5 Å². The fraction of sp³-hybridized carbons (Fsp3) is 0.0455. The van der Waals surface area contributed by atoms with Crippen LogP contribution in [0.2, 0.25) is 0 Å². The molecule has 1 aromatic heterocycles. The lowest BCUT2D eigenvalue weighted by Crippen LogP contribution is -2.20. The molecule has 140 valence electrons. The lowest BCUT2D eigenvalue weighted by molar-refractivity contribution is -0.115. The van der Waals surface area contributed by atoms with E-state index >= 15 is 0 Å². The van der Waals surface area contributed by atoms with Crippen LogP contribution >= 0.6 is 0 Å². The van der Waals surface area contributed by atoms with Gasteiger partial charge in [0, 0.05) is 23.5 Å². The zero-order valence-corrected chi connectivity index (χ0v) is 15.1. The molecule has 1 heterocycles. The Hall–Kier alpha value is -3.77. The summed E-state index contributed by atoms with van der Waals surface area (Å²) in [6.07, 6.45) is 4.71. The summed E-state index contributed by atoms with van der Waals surface area (Å²) in [6.45, 7) is 0. The Balaban J connectivity index is 1.65. The molecule has 0 saturated heterocycles. The van der Waals surface area contributed by atoms with Crippen LogP contribution in [0.25, 0.3) is 6.08 Å². The van der Waals surface area contributed by atoms with Gasteiger partial charge in [0.25, 0.3) is 5.91 Å². The summed E-state index contributed by atoms with van der Waals surface area (Å²) in [6, 6.07) is 18.5. The highest BCUT2D eigenvalue weighted by molar-refractivity contribution is 6.04. The second kappa shape index (κ2) is 8.75. The van der Waals surface area contributed by atoms with E-state index in [-0.39, 0.29) is 11.7 Å². The Kier molecular flexibility index (Phi) is 5.94. The topological polar surface area (TPSA) is 111 Å². The molecule has 28 heavy (non-hydrogen) atoms. The number of carbonyl (C=O) groups excluding carboxylic acids is 2. The van der Waals surface area contributed by atoms with Crippen molar-refractivity contribution in [2.24, 2.45) is 5.73 Å². The van der Waals surface area contributed by atoms with Crippen molar-refractivity contribution < 1.29 is 9.59 Å². The summed E-state index contributed by atoms with van der Waals surface area (Å²) in [7, 11) is 0. The van der Waals surface area contributed by atoms with Gasteiger partial charge in [-0.2, -0.15) is 0 Å². The average Bonchev–Trinajstić information content (AvgIpc) is 2.72. The Morgan fingerprint density at radius 1 is 1.00 bits per heavy atom. The number of ketones is 1. The van der Waals surface area contributed by atoms with Gasteiger partial charge >= 0.3 is 0 Å². The average molecular weight is 372 g/mol. The van der Waals surface area contributed by atoms with Crippen molar-refractivity contribution in [1.82, 2.24) is 4.98 Å². The molecule has 1 atom stereocenters. The molecule has 0 aliphatic carbocycles. The maximum atomic E-state index is 12.3. The number of aromatic nitrogens is 1. The maximum Gasteiger partial charge on any atom is 0.255 e. The number of hydrogen-bond donors (Lipinski definition) is 3. The Labute approximate surface area is 162 Å². The third kappa shape index (κ3) is 4.90. The standard InChI is InChI=1S/C22H20N4O2/c23-20-14-18(12-13-25-20)26-22(28)17-9-7-16(8-10-17)21(24)19(27)11-6-15-4-2-1-3-5-15/h1-14,21H,24H2,(H3,23,25,26,28). The summed E-state index contributed by atoms with van der Waals surface area (Å²) < 4.78 is 0. The Bertz CT molecular complexity index is 999. The van der Waals surface area contributed by atoms with Crippen LogP contribution in [0.5, 0.6) is 0 Å². The molecular weight excluding hydrogens is 352 g/mol. The molecule has 1 unspecified atom stereocenters. The highest BCUT2D eigenvalue weighted by Crippen LogP contribution is 2.16. The van der Waals surface area contributed by atoms with Crippen molar-refractivity contribution in [3.8, 4) is 0 Å². The van der Waals surface area contributed by atoms with E-state index in [0.717, 1.165) is 5.56 Å². The van der Waals surface area contributed by atoms with Crippen LogP contribution in [0.15, 0.2) is 79.0 Å². The minimum absolute atomic E-state index is 0.215. The van der Waals surface area contributed by atoms with Crippen LogP contribution in [0.1, 0.15) is 27.5 Å². The number of nitrogens with one attached hydrogen (secondary N) is 1. The van der Waals surface area contributed by atoms with Crippen molar-refractivity contribution >= 4 is 29.3 Å². The van der Waals surface area contributed by atoms with Gasteiger partial charge in [0.05, 0.1) is 6.04 Å². The molecule has 1 amide bonds. The molecule has 0 radical (unpaired) electrons. The number of hydrogen-bond acceptors (Lipinski definition) is 5. The van der Waals surface area contributed by atoms with Crippen LogP contribution < -0.4 is 16.8 Å². The van der Waals surface area contributed by atoms with Crippen LogP contribution in [0, 0.1) is 0 Å². The number of pyridine rings is 1. The van der Waals surface area contributed by atoms with E-state index in [0.29, 0.717) is 22.6 Å². The molecule has 0 aliphatic rings. The molecule has 3 rings (SSSR count). The first-order chi connectivity index (χ1) is 13.5. The van der Waals surface area contributed by atoms with E-state index < -0.39 is 6.04 Å². The van der Waals surface area contributed by atoms with Crippen molar-refractivity contribution in [3.05, 3.63) is 95.7 Å². The highest BCUT2D eigenvalue weighted by atomic mass is 16.1. The van der Waals surface area contributed by atoms with E-state index in [1.807, 2.05) is 30.3 Å². The van der Waals surface area contributed by atoms with Gasteiger partial charge in [-0.3, -0.25) is 9.59 Å². The van der Waals surface area contributed by atoms with Crippen LogP contribution in [0.3, 0.4) is 0 Å². The van der Waals surface area contributed by atoms with Crippen molar-refractivity contribution in [3.63, 3.8) is 0 Å². The number of benzene rings is 2. The fourth-order valence-corrected chi connectivity index (χ4v) is 2.58.